The van der Waals surface area contributed by atoms with E-state index in [1.807, 2.05) is 4.90 Å². The highest BCUT2D eigenvalue weighted by molar-refractivity contribution is 5.78. The van der Waals surface area contributed by atoms with Gasteiger partial charge in [-0.1, -0.05) is 0 Å². The van der Waals surface area contributed by atoms with Crippen molar-refractivity contribution < 1.29 is 19.4 Å². The molecule has 1 N–H and O–H groups in total. The molecule has 0 unspecified atom stereocenters. The molecule has 0 radical (unpaired) electrons. The Morgan fingerprint density at radius 1 is 1.25 bits per heavy atom. The average molecular weight is 284 g/mol. The number of hydrogen-bond acceptors (Lipinski definition) is 5. The molecule has 3 saturated heterocycles. The van der Waals surface area contributed by atoms with Crippen molar-refractivity contribution in [2.75, 3.05) is 52.5 Å². The lowest BCUT2D eigenvalue weighted by atomic mass is 9.87. The minimum absolute atomic E-state index is 0.165. The molecule has 1 amide bonds. The summed E-state index contributed by atoms with van der Waals surface area (Å²) < 4.78 is 11.1. The van der Waals surface area contributed by atoms with E-state index in [2.05, 4.69) is 4.90 Å². The molecule has 0 aromatic rings. The fourth-order valence-electron chi connectivity index (χ4n) is 3.48. The van der Waals surface area contributed by atoms with E-state index in [4.69, 9.17) is 9.47 Å². The average Bonchev–Trinajstić information content (AvgIpc) is 2.93. The van der Waals surface area contributed by atoms with E-state index in [1.165, 1.54) is 0 Å². The number of aliphatic hydroxyl groups is 1. The summed E-state index contributed by atoms with van der Waals surface area (Å²) in [4.78, 5) is 16.3. The van der Waals surface area contributed by atoms with Gasteiger partial charge in [0, 0.05) is 32.8 Å². The molecule has 0 aliphatic carbocycles. The van der Waals surface area contributed by atoms with Gasteiger partial charge in [0.2, 0.25) is 5.91 Å². The van der Waals surface area contributed by atoms with E-state index in [-0.39, 0.29) is 12.0 Å². The first kappa shape index (κ1) is 14.3. The molecule has 114 valence electrons. The van der Waals surface area contributed by atoms with Crippen LogP contribution >= 0.6 is 0 Å². The van der Waals surface area contributed by atoms with Crippen LogP contribution in [0.1, 0.15) is 19.3 Å². The van der Waals surface area contributed by atoms with Gasteiger partial charge in [0.25, 0.3) is 0 Å². The lowest BCUT2D eigenvalue weighted by molar-refractivity contribution is -0.147. The van der Waals surface area contributed by atoms with Crippen LogP contribution in [0.4, 0.5) is 0 Å². The van der Waals surface area contributed by atoms with Crippen molar-refractivity contribution in [1.29, 1.82) is 0 Å². The molecular weight excluding hydrogens is 260 g/mol. The highest BCUT2D eigenvalue weighted by Crippen LogP contribution is 2.34. The molecule has 0 aromatic heterocycles. The monoisotopic (exact) mass is 284 g/mol. The van der Waals surface area contributed by atoms with Crippen molar-refractivity contribution in [2.24, 2.45) is 0 Å². The highest BCUT2D eigenvalue weighted by atomic mass is 16.5. The minimum Gasteiger partial charge on any atom is -0.390 e. The zero-order valence-electron chi connectivity index (χ0n) is 11.9. The normalized spacial score (nSPS) is 35.6. The Labute approximate surface area is 119 Å². The summed E-state index contributed by atoms with van der Waals surface area (Å²) in [6.45, 7) is 5.25. The number of hydrogen-bond donors (Lipinski definition) is 1. The molecule has 3 aliphatic rings. The van der Waals surface area contributed by atoms with Gasteiger partial charge in [0.1, 0.15) is 5.60 Å². The fourth-order valence-corrected chi connectivity index (χ4v) is 3.48. The van der Waals surface area contributed by atoms with Gasteiger partial charge in [0.15, 0.2) is 0 Å². The first-order chi connectivity index (χ1) is 9.70. The van der Waals surface area contributed by atoms with Crippen LogP contribution in [0.5, 0.6) is 0 Å². The van der Waals surface area contributed by atoms with Crippen molar-refractivity contribution in [1.82, 2.24) is 9.80 Å². The second-order valence-corrected chi connectivity index (χ2v) is 6.03. The third-order valence-electron chi connectivity index (χ3n) is 4.67. The van der Waals surface area contributed by atoms with E-state index in [0.29, 0.717) is 45.8 Å². The topological polar surface area (TPSA) is 62.2 Å². The Morgan fingerprint density at radius 2 is 2.05 bits per heavy atom. The second kappa shape index (κ2) is 5.97. The van der Waals surface area contributed by atoms with Gasteiger partial charge in [-0.05, 0) is 19.3 Å². The van der Waals surface area contributed by atoms with Crippen LogP contribution in [0.15, 0.2) is 0 Å². The number of carbonyl (C=O) groups excluding carboxylic acids is 1. The molecule has 0 saturated carbocycles. The molecule has 0 bridgehead atoms. The first-order valence-electron chi connectivity index (χ1n) is 7.59. The Hall–Kier alpha value is -0.690. The Kier molecular flexibility index (Phi) is 4.26. The van der Waals surface area contributed by atoms with Gasteiger partial charge in [-0.15, -0.1) is 0 Å². The van der Waals surface area contributed by atoms with Gasteiger partial charge in [-0.25, -0.2) is 0 Å². The number of amides is 1. The van der Waals surface area contributed by atoms with Crippen LogP contribution in [0.3, 0.4) is 0 Å². The number of piperidine rings is 1. The van der Waals surface area contributed by atoms with Crippen LogP contribution in [-0.4, -0.2) is 85.1 Å². The Balaban J connectivity index is 1.56. The molecule has 0 aromatic carbocycles. The van der Waals surface area contributed by atoms with Crippen molar-refractivity contribution >= 4 is 5.91 Å². The van der Waals surface area contributed by atoms with E-state index >= 15 is 0 Å². The minimum atomic E-state index is -0.427. The van der Waals surface area contributed by atoms with Crippen molar-refractivity contribution in [3.05, 3.63) is 0 Å². The van der Waals surface area contributed by atoms with Crippen LogP contribution in [0.25, 0.3) is 0 Å². The smallest absolute Gasteiger partial charge is 0.236 e. The fraction of sp³-hybridized carbons (Fsp3) is 0.929. The summed E-state index contributed by atoms with van der Waals surface area (Å²) in [6, 6.07) is 0. The maximum Gasteiger partial charge on any atom is 0.236 e. The number of rotatable bonds is 2. The zero-order valence-corrected chi connectivity index (χ0v) is 11.9. The van der Waals surface area contributed by atoms with Crippen molar-refractivity contribution in [3.8, 4) is 0 Å². The lowest BCUT2D eigenvalue weighted by Gasteiger charge is -2.43. The third kappa shape index (κ3) is 2.83. The van der Waals surface area contributed by atoms with Gasteiger partial charge < -0.3 is 19.5 Å². The zero-order chi connectivity index (χ0) is 14.0. The summed E-state index contributed by atoms with van der Waals surface area (Å²) in [5.74, 6) is 0.165. The molecule has 3 rings (SSSR count). The quantitative estimate of drug-likeness (QED) is 0.738. The van der Waals surface area contributed by atoms with Crippen LogP contribution in [-0.2, 0) is 14.3 Å². The molecule has 3 fully saturated rings. The number of ether oxygens (including phenoxy) is 2. The van der Waals surface area contributed by atoms with Crippen LogP contribution in [0, 0.1) is 0 Å². The van der Waals surface area contributed by atoms with Gasteiger partial charge in [-0.3, -0.25) is 9.69 Å². The van der Waals surface area contributed by atoms with Crippen LogP contribution in [0.2, 0.25) is 0 Å². The van der Waals surface area contributed by atoms with Gasteiger partial charge in [0.05, 0.1) is 25.9 Å². The summed E-state index contributed by atoms with van der Waals surface area (Å²) >= 11 is 0. The van der Waals surface area contributed by atoms with E-state index < -0.39 is 5.60 Å². The molecule has 3 aliphatic heterocycles. The Bertz CT molecular complexity index is 351. The third-order valence-corrected chi connectivity index (χ3v) is 4.67. The number of aliphatic hydroxyl groups excluding tert-OH is 1. The second-order valence-electron chi connectivity index (χ2n) is 6.03. The number of nitrogens with zero attached hydrogens (tertiary/aromatic N) is 2. The van der Waals surface area contributed by atoms with Gasteiger partial charge in [-0.2, -0.15) is 0 Å². The standard InChI is InChI=1S/C14H24N2O4/c17-12-2-4-15(11-14(12)3-1-7-20-14)10-13(18)16-5-8-19-9-6-16/h12,17H,1-11H2/t12-,14-/m0/s1. The molecule has 3 heterocycles. The van der Waals surface area contributed by atoms with Crippen LogP contribution < -0.4 is 0 Å². The number of carbonyl (C=O) groups is 1. The van der Waals surface area contributed by atoms with E-state index in [0.717, 1.165) is 26.0 Å². The van der Waals surface area contributed by atoms with E-state index in [9.17, 15) is 9.90 Å². The highest BCUT2D eigenvalue weighted by Gasteiger charge is 2.46. The summed E-state index contributed by atoms with van der Waals surface area (Å²) in [5.41, 5.74) is -0.427. The maximum atomic E-state index is 12.3. The SMILES string of the molecule is O=C(CN1CC[C@H](O)[C@]2(CCCO2)C1)N1CCOCC1. The molecule has 6 heteroatoms. The van der Waals surface area contributed by atoms with E-state index in [1.54, 1.807) is 0 Å². The van der Waals surface area contributed by atoms with Crippen molar-refractivity contribution in [2.45, 2.75) is 31.0 Å². The maximum absolute atomic E-state index is 12.3. The molecule has 20 heavy (non-hydrogen) atoms. The summed E-state index contributed by atoms with van der Waals surface area (Å²) in [5, 5.41) is 10.2. The predicted octanol–water partition coefficient (Wildman–Crippen LogP) is -0.539. The summed E-state index contributed by atoms with van der Waals surface area (Å²) in [6.07, 6.45) is 2.20. The largest absolute Gasteiger partial charge is 0.390 e. The molecule has 1 spiro atoms. The summed E-state index contributed by atoms with van der Waals surface area (Å²) in [7, 11) is 0. The molecular formula is C14H24N2O4. The molecule has 6 nitrogen and oxygen atoms in total. The Morgan fingerprint density at radius 3 is 2.75 bits per heavy atom. The van der Waals surface area contributed by atoms with Crippen molar-refractivity contribution in [3.63, 3.8) is 0 Å². The number of morpholine rings is 1. The predicted molar refractivity (Wildman–Crippen MR) is 72.4 cm³/mol. The molecule has 2 atom stereocenters. The lowest BCUT2D eigenvalue weighted by Crippen LogP contribution is -2.58. The number of likely N-dealkylation sites (tertiary alicyclic amines) is 1. The van der Waals surface area contributed by atoms with Gasteiger partial charge >= 0.3 is 0 Å². The first-order valence-corrected chi connectivity index (χ1v) is 7.59.